The Labute approximate surface area is 130 Å². The molecule has 0 saturated carbocycles. The van der Waals surface area contributed by atoms with Gasteiger partial charge in [-0.25, -0.2) is 0 Å². The maximum absolute atomic E-state index is 2.49. The summed E-state index contributed by atoms with van der Waals surface area (Å²) in [4.78, 5) is 0. The zero-order valence-corrected chi connectivity index (χ0v) is 16.1. The van der Waals surface area contributed by atoms with Gasteiger partial charge in [0.2, 0.25) is 0 Å². The first kappa shape index (κ1) is 20.2. The van der Waals surface area contributed by atoms with E-state index in [1.54, 1.807) is 0 Å². The van der Waals surface area contributed by atoms with Gasteiger partial charge >= 0.3 is 0 Å². The number of unbranched alkanes of at least 4 members (excludes halogenated alkanes) is 11. The van der Waals surface area contributed by atoms with E-state index in [0.717, 1.165) is 0 Å². The van der Waals surface area contributed by atoms with Crippen LogP contribution in [0.3, 0.4) is 0 Å². The van der Waals surface area contributed by atoms with Crippen LogP contribution in [0.1, 0.15) is 84.0 Å². The van der Waals surface area contributed by atoms with Crippen molar-refractivity contribution in [1.29, 1.82) is 0 Å². The Hall–Kier alpha value is 0.177. The summed E-state index contributed by atoms with van der Waals surface area (Å²) in [5, 5.41) is 0. The van der Waals surface area contributed by atoms with Crippen molar-refractivity contribution in [3.8, 4) is 0 Å². The Morgan fingerprint density at radius 3 is 1.30 bits per heavy atom. The van der Waals surface area contributed by atoms with Crippen LogP contribution in [-0.2, 0) is 0 Å². The van der Waals surface area contributed by atoms with Crippen LogP contribution < -0.4 is 0 Å². The summed E-state index contributed by atoms with van der Waals surface area (Å²) in [6.45, 7) is 7.28. The second-order valence-electron chi connectivity index (χ2n) is 7.35. The molecule has 0 aliphatic heterocycles. The SMILES string of the molecule is CCCCCCCCCCCCCC[Si](C)(C)N(C)C. The van der Waals surface area contributed by atoms with Gasteiger partial charge in [0.25, 0.3) is 0 Å². The second-order valence-corrected chi connectivity index (χ2v) is 12.4. The maximum atomic E-state index is 2.49. The normalized spacial score (nSPS) is 12.3. The molecule has 0 aliphatic carbocycles. The molecule has 0 saturated heterocycles. The Bertz CT molecular complexity index is 202. The van der Waals surface area contributed by atoms with Crippen molar-refractivity contribution in [2.45, 2.75) is 103 Å². The number of rotatable bonds is 14. The lowest BCUT2D eigenvalue weighted by molar-refractivity contribution is 0.544. The highest BCUT2D eigenvalue weighted by molar-refractivity contribution is 6.74. The molecule has 0 rings (SSSR count). The number of hydrogen-bond acceptors (Lipinski definition) is 1. The first-order chi connectivity index (χ1) is 9.50. The van der Waals surface area contributed by atoms with Crippen molar-refractivity contribution in [2.24, 2.45) is 0 Å². The fraction of sp³-hybridized carbons (Fsp3) is 1.00. The molecule has 0 N–H and O–H groups in total. The highest BCUT2D eigenvalue weighted by atomic mass is 28.3. The van der Waals surface area contributed by atoms with Crippen LogP contribution in [0, 0.1) is 0 Å². The summed E-state index contributed by atoms with van der Waals surface area (Å²) in [5.74, 6) is 0. The first-order valence-electron chi connectivity index (χ1n) is 9.18. The van der Waals surface area contributed by atoms with Crippen molar-refractivity contribution < 1.29 is 0 Å². The van der Waals surface area contributed by atoms with Gasteiger partial charge < -0.3 is 4.57 Å². The van der Waals surface area contributed by atoms with E-state index in [0.29, 0.717) is 0 Å². The standard InChI is InChI=1S/C18H41NSi/c1-6-7-8-9-10-11-12-13-14-15-16-17-18-20(4,5)19(2)3/h6-18H2,1-5H3. The maximum Gasteiger partial charge on any atom is 0.121 e. The van der Waals surface area contributed by atoms with Crippen LogP contribution >= 0.6 is 0 Å². The third kappa shape index (κ3) is 12.0. The minimum absolute atomic E-state index is 1.04. The summed E-state index contributed by atoms with van der Waals surface area (Å²) in [6, 6.07) is 1.47. The average Bonchev–Trinajstić information content (AvgIpc) is 2.39. The van der Waals surface area contributed by atoms with Gasteiger partial charge in [-0.3, -0.25) is 0 Å². The quantitative estimate of drug-likeness (QED) is 0.263. The molecular weight excluding hydrogens is 258 g/mol. The van der Waals surface area contributed by atoms with Crippen molar-refractivity contribution in [1.82, 2.24) is 4.57 Å². The molecule has 2 heteroatoms. The summed E-state index contributed by atoms with van der Waals surface area (Å²) in [7, 11) is 3.47. The summed E-state index contributed by atoms with van der Waals surface area (Å²) in [6.07, 6.45) is 17.5. The topological polar surface area (TPSA) is 3.24 Å². The zero-order valence-electron chi connectivity index (χ0n) is 15.1. The van der Waals surface area contributed by atoms with E-state index < -0.39 is 8.24 Å². The van der Waals surface area contributed by atoms with Gasteiger partial charge in [0.05, 0.1) is 0 Å². The van der Waals surface area contributed by atoms with E-state index in [-0.39, 0.29) is 0 Å². The average molecular weight is 300 g/mol. The predicted octanol–water partition coefficient (Wildman–Crippen LogP) is 6.45. The van der Waals surface area contributed by atoms with Gasteiger partial charge in [-0.1, -0.05) is 97.1 Å². The van der Waals surface area contributed by atoms with Gasteiger partial charge in [0, 0.05) is 0 Å². The van der Waals surface area contributed by atoms with E-state index in [1.165, 1.54) is 83.1 Å². The fourth-order valence-corrected chi connectivity index (χ4v) is 4.18. The second kappa shape index (κ2) is 12.9. The lowest BCUT2D eigenvalue weighted by atomic mass is 10.1. The van der Waals surface area contributed by atoms with Crippen LogP contribution in [0.15, 0.2) is 0 Å². The smallest absolute Gasteiger partial charge is 0.121 e. The van der Waals surface area contributed by atoms with Gasteiger partial charge in [-0.15, -0.1) is 0 Å². The molecule has 0 aliphatic rings. The van der Waals surface area contributed by atoms with Gasteiger partial charge in [-0.2, -0.15) is 0 Å². The molecule has 0 unspecified atom stereocenters. The van der Waals surface area contributed by atoms with Crippen LogP contribution in [0.4, 0.5) is 0 Å². The Balaban J connectivity index is 3.17. The van der Waals surface area contributed by atoms with Crippen LogP contribution in [0.5, 0.6) is 0 Å². The molecule has 0 fully saturated rings. The first-order valence-corrected chi connectivity index (χ1v) is 12.3. The Morgan fingerprint density at radius 2 is 0.950 bits per heavy atom. The van der Waals surface area contributed by atoms with Crippen molar-refractivity contribution >= 4 is 8.24 Å². The Kier molecular flexibility index (Phi) is 13.0. The highest BCUT2D eigenvalue weighted by Crippen LogP contribution is 2.18. The van der Waals surface area contributed by atoms with Crippen molar-refractivity contribution in [3.63, 3.8) is 0 Å². The van der Waals surface area contributed by atoms with E-state index in [9.17, 15) is 0 Å². The van der Waals surface area contributed by atoms with Crippen molar-refractivity contribution in [3.05, 3.63) is 0 Å². The Morgan fingerprint density at radius 1 is 0.600 bits per heavy atom. The van der Waals surface area contributed by atoms with E-state index in [1.807, 2.05) is 0 Å². The third-order valence-corrected chi connectivity index (χ3v) is 8.85. The molecule has 0 bridgehead atoms. The van der Waals surface area contributed by atoms with E-state index in [4.69, 9.17) is 0 Å². The highest BCUT2D eigenvalue weighted by Gasteiger charge is 2.22. The lowest BCUT2D eigenvalue weighted by Crippen LogP contribution is -2.43. The van der Waals surface area contributed by atoms with Gasteiger partial charge in [0.1, 0.15) is 8.24 Å². The van der Waals surface area contributed by atoms with Crippen LogP contribution in [0.2, 0.25) is 19.1 Å². The zero-order chi connectivity index (χ0) is 15.3. The molecule has 122 valence electrons. The van der Waals surface area contributed by atoms with Crippen molar-refractivity contribution in [2.75, 3.05) is 14.1 Å². The largest absolute Gasteiger partial charge is 0.329 e. The van der Waals surface area contributed by atoms with Crippen LogP contribution in [-0.4, -0.2) is 26.9 Å². The molecule has 1 nitrogen and oxygen atoms in total. The molecule has 20 heavy (non-hydrogen) atoms. The van der Waals surface area contributed by atoms with Gasteiger partial charge in [0.15, 0.2) is 0 Å². The van der Waals surface area contributed by atoms with E-state index in [2.05, 4.69) is 38.7 Å². The molecule has 0 aromatic rings. The minimum Gasteiger partial charge on any atom is -0.329 e. The predicted molar refractivity (Wildman–Crippen MR) is 97.1 cm³/mol. The lowest BCUT2D eigenvalue weighted by Gasteiger charge is -2.30. The molecule has 0 spiro atoms. The summed E-state index contributed by atoms with van der Waals surface area (Å²) in [5.41, 5.74) is 0. The molecule has 0 amide bonds. The monoisotopic (exact) mass is 299 g/mol. The molecule has 0 atom stereocenters. The molecule has 0 aromatic carbocycles. The van der Waals surface area contributed by atoms with E-state index >= 15 is 0 Å². The summed E-state index contributed by atoms with van der Waals surface area (Å²) < 4.78 is 2.49. The van der Waals surface area contributed by atoms with Crippen LogP contribution in [0.25, 0.3) is 0 Å². The molecule has 0 aromatic heterocycles. The molecule has 0 heterocycles. The molecular formula is C18H41NSi. The number of hydrogen-bond donors (Lipinski definition) is 0. The van der Waals surface area contributed by atoms with Gasteiger partial charge in [-0.05, 0) is 20.1 Å². The third-order valence-electron chi connectivity index (χ3n) is 4.85. The summed E-state index contributed by atoms with van der Waals surface area (Å²) >= 11 is 0. The number of nitrogens with zero attached hydrogens (tertiary/aromatic N) is 1. The minimum atomic E-state index is -1.04. The molecule has 0 radical (unpaired) electrons. The fourth-order valence-electron chi connectivity index (χ4n) is 2.62.